The fourth-order valence-electron chi connectivity index (χ4n) is 7.26. The Morgan fingerprint density at radius 1 is 0.451 bits per heavy atom. The molecule has 0 aromatic heterocycles. The van der Waals surface area contributed by atoms with Gasteiger partial charge in [0.15, 0.2) is 0 Å². The third-order valence-electron chi connectivity index (χ3n) is 10.7. The van der Waals surface area contributed by atoms with Crippen LogP contribution in [-0.2, 0) is 9.59 Å². The van der Waals surface area contributed by atoms with E-state index in [9.17, 15) is 19.8 Å². The molecular weight excluding hydrogens is 631 g/mol. The summed E-state index contributed by atoms with van der Waals surface area (Å²) in [5.74, 6) is -0.481. The fraction of sp³-hybridized carbons (Fsp3) is 0.913. The molecule has 0 spiro atoms. The standard InChI is InChI=1S/C46H89NO4/c1-4-7-10-13-16-19-21-23-25-28-30-33-36-39-44(49)43(42-48)47(45(50)40-37-34-31-27-18-15-12-9-6-3)46(51)41-38-35-32-29-26-24-22-20-17-14-11-8-5-2/h36,39,43-44,48-49H,4-35,37-38,40-42H2,1-3H3/b39-36+/t43-,44-/m1/s1. The number of carbonyl (C=O) groups excluding carboxylic acids is 2. The molecular formula is C46H89NO4. The molecule has 2 atom stereocenters. The summed E-state index contributed by atoms with van der Waals surface area (Å²) in [7, 11) is 0. The van der Waals surface area contributed by atoms with Crippen LogP contribution in [0.25, 0.3) is 0 Å². The minimum atomic E-state index is -1.05. The number of hydrogen-bond acceptors (Lipinski definition) is 4. The van der Waals surface area contributed by atoms with E-state index >= 15 is 0 Å². The number of hydrogen-bond donors (Lipinski definition) is 2. The van der Waals surface area contributed by atoms with Crippen molar-refractivity contribution in [2.24, 2.45) is 0 Å². The summed E-state index contributed by atoms with van der Waals surface area (Å²) in [5.41, 5.74) is 0. The molecule has 0 saturated carbocycles. The van der Waals surface area contributed by atoms with Crippen LogP contribution in [0.4, 0.5) is 0 Å². The van der Waals surface area contributed by atoms with Gasteiger partial charge >= 0.3 is 0 Å². The zero-order valence-corrected chi connectivity index (χ0v) is 34.6. The van der Waals surface area contributed by atoms with Gasteiger partial charge in [0, 0.05) is 12.8 Å². The predicted molar refractivity (Wildman–Crippen MR) is 221 cm³/mol. The average Bonchev–Trinajstić information content (AvgIpc) is 3.13. The number of aliphatic hydroxyl groups is 2. The highest BCUT2D eigenvalue weighted by Crippen LogP contribution is 2.18. The lowest BCUT2D eigenvalue weighted by molar-refractivity contribution is -0.151. The lowest BCUT2D eigenvalue weighted by Crippen LogP contribution is -2.51. The number of imide groups is 1. The zero-order chi connectivity index (χ0) is 37.5. The van der Waals surface area contributed by atoms with Gasteiger partial charge in [-0.1, -0.05) is 226 Å². The lowest BCUT2D eigenvalue weighted by atomic mass is 10.0. The van der Waals surface area contributed by atoms with Crippen LogP contribution in [0.3, 0.4) is 0 Å². The molecule has 0 aliphatic heterocycles. The molecule has 0 heterocycles. The van der Waals surface area contributed by atoms with Gasteiger partial charge in [-0.15, -0.1) is 0 Å². The van der Waals surface area contributed by atoms with Gasteiger partial charge < -0.3 is 10.2 Å². The molecule has 51 heavy (non-hydrogen) atoms. The molecule has 5 nitrogen and oxygen atoms in total. The third-order valence-corrected chi connectivity index (χ3v) is 10.7. The van der Waals surface area contributed by atoms with Gasteiger partial charge in [0.2, 0.25) is 11.8 Å². The van der Waals surface area contributed by atoms with Crippen molar-refractivity contribution in [2.45, 2.75) is 264 Å². The highest BCUT2D eigenvalue weighted by molar-refractivity contribution is 5.95. The number of amides is 2. The summed E-state index contributed by atoms with van der Waals surface area (Å²) in [4.78, 5) is 28.2. The van der Waals surface area contributed by atoms with Crippen molar-refractivity contribution in [3.05, 3.63) is 12.2 Å². The molecule has 0 aromatic carbocycles. The third kappa shape index (κ3) is 32.0. The highest BCUT2D eigenvalue weighted by Gasteiger charge is 2.32. The van der Waals surface area contributed by atoms with Gasteiger partial charge in [-0.2, -0.15) is 0 Å². The normalized spacial score (nSPS) is 12.9. The van der Waals surface area contributed by atoms with E-state index in [4.69, 9.17) is 0 Å². The molecule has 0 radical (unpaired) electrons. The van der Waals surface area contributed by atoms with Crippen molar-refractivity contribution in [1.82, 2.24) is 4.90 Å². The molecule has 0 rings (SSSR count). The first-order chi connectivity index (χ1) is 25.0. The number of nitrogens with zero attached hydrogens (tertiary/aromatic N) is 1. The Labute approximate surface area is 318 Å². The number of unbranched alkanes of at least 4 members (excludes halogenated alkanes) is 31. The van der Waals surface area contributed by atoms with E-state index in [0.29, 0.717) is 12.8 Å². The van der Waals surface area contributed by atoms with Crippen LogP contribution < -0.4 is 0 Å². The zero-order valence-electron chi connectivity index (χ0n) is 34.6. The van der Waals surface area contributed by atoms with Gasteiger partial charge in [0.25, 0.3) is 0 Å². The Kier molecular flexibility index (Phi) is 39.1. The molecule has 0 aliphatic rings. The van der Waals surface area contributed by atoms with E-state index in [0.717, 1.165) is 51.4 Å². The predicted octanol–water partition coefficient (Wildman–Crippen LogP) is 13.7. The average molecular weight is 720 g/mol. The van der Waals surface area contributed by atoms with Crippen molar-refractivity contribution in [2.75, 3.05) is 6.61 Å². The van der Waals surface area contributed by atoms with Gasteiger partial charge in [-0.25, -0.2) is 0 Å². The number of carbonyl (C=O) groups is 2. The Morgan fingerprint density at radius 3 is 1.02 bits per heavy atom. The van der Waals surface area contributed by atoms with E-state index < -0.39 is 18.8 Å². The molecule has 2 amide bonds. The first-order valence-electron chi connectivity index (χ1n) is 22.8. The van der Waals surface area contributed by atoms with Gasteiger partial charge in [0.05, 0.1) is 18.8 Å². The number of aliphatic hydroxyl groups excluding tert-OH is 2. The smallest absolute Gasteiger partial charge is 0.229 e. The van der Waals surface area contributed by atoms with E-state index in [1.54, 1.807) is 6.08 Å². The molecule has 0 aliphatic carbocycles. The molecule has 2 N–H and O–H groups in total. The van der Waals surface area contributed by atoms with Gasteiger partial charge in [-0.3, -0.25) is 14.5 Å². The maximum atomic E-state index is 13.5. The largest absolute Gasteiger partial charge is 0.394 e. The minimum Gasteiger partial charge on any atom is -0.394 e. The first kappa shape index (κ1) is 49.8. The second-order valence-electron chi connectivity index (χ2n) is 15.7. The Balaban J connectivity index is 4.70. The van der Waals surface area contributed by atoms with Crippen molar-refractivity contribution >= 4 is 11.8 Å². The second-order valence-corrected chi connectivity index (χ2v) is 15.7. The molecule has 0 saturated heterocycles. The van der Waals surface area contributed by atoms with Crippen molar-refractivity contribution < 1.29 is 19.8 Å². The first-order valence-corrected chi connectivity index (χ1v) is 22.8. The summed E-state index contributed by atoms with van der Waals surface area (Å²) in [6.45, 7) is 6.35. The minimum absolute atomic E-state index is 0.240. The second kappa shape index (κ2) is 40.0. The van der Waals surface area contributed by atoms with Gasteiger partial charge in [0.1, 0.15) is 0 Å². The summed E-state index contributed by atoms with van der Waals surface area (Å²) in [6, 6.07) is -0.917. The van der Waals surface area contributed by atoms with Crippen LogP contribution in [-0.4, -0.2) is 45.7 Å². The maximum absolute atomic E-state index is 13.5. The number of allylic oxidation sites excluding steroid dienone is 1. The van der Waals surface area contributed by atoms with E-state index in [1.807, 2.05) is 6.08 Å². The van der Waals surface area contributed by atoms with Crippen molar-refractivity contribution in [3.8, 4) is 0 Å². The van der Waals surface area contributed by atoms with Crippen LogP contribution in [0, 0.1) is 0 Å². The van der Waals surface area contributed by atoms with E-state index in [2.05, 4.69) is 20.8 Å². The van der Waals surface area contributed by atoms with Crippen molar-refractivity contribution in [3.63, 3.8) is 0 Å². The number of rotatable bonds is 40. The Hall–Kier alpha value is -1.20. The van der Waals surface area contributed by atoms with Crippen LogP contribution >= 0.6 is 0 Å². The van der Waals surface area contributed by atoms with Crippen LogP contribution in [0.1, 0.15) is 252 Å². The Bertz CT molecular complexity index is 768. The molecule has 302 valence electrons. The summed E-state index contributed by atoms with van der Waals surface area (Å²) in [5, 5.41) is 21.4. The molecule has 0 fully saturated rings. The Morgan fingerprint density at radius 2 is 0.725 bits per heavy atom. The molecule has 0 aromatic rings. The SMILES string of the molecule is CCCCCCCCCCCCC/C=C/[C@@H](O)[C@@H](CO)N(C(=O)CCCCCCCCCCC)C(=O)CCCCCCCCCCCCCCC. The highest BCUT2D eigenvalue weighted by atomic mass is 16.3. The summed E-state index contributed by atoms with van der Waals surface area (Å²) in [6.07, 6.45) is 44.9. The van der Waals surface area contributed by atoms with Crippen LogP contribution in [0.5, 0.6) is 0 Å². The summed E-state index contributed by atoms with van der Waals surface area (Å²) < 4.78 is 0. The molecule has 0 bridgehead atoms. The van der Waals surface area contributed by atoms with E-state index in [-0.39, 0.29) is 11.8 Å². The monoisotopic (exact) mass is 720 g/mol. The quantitative estimate of drug-likeness (QED) is 0.0488. The molecule has 5 heteroatoms. The lowest BCUT2D eigenvalue weighted by Gasteiger charge is -2.31. The molecule has 0 unspecified atom stereocenters. The van der Waals surface area contributed by atoms with Crippen LogP contribution in [0.2, 0.25) is 0 Å². The van der Waals surface area contributed by atoms with Crippen LogP contribution in [0.15, 0.2) is 12.2 Å². The van der Waals surface area contributed by atoms with Gasteiger partial charge in [-0.05, 0) is 25.7 Å². The topological polar surface area (TPSA) is 77.8 Å². The maximum Gasteiger partial charge on any atom is 0.229 e. The fourth-order valence-corrected chi connectivity index (χ4v) is 7.26. The summed E-state index contributed by atoms with van der Waals surface area (Å²) >= 11 is 0. The van der Waals surface area contributed by atoms with E-state index in [1.165, 1.54) is 172 Å². The van der Waals surface area contributed by atoms with Crippen molar-refractivity contribution in [1.29, 1.82) is 0 Å².